The van der Waals surface area contributed by atoms with E-state index in [-0.39, 0.29) is 0 Å². The zero-order valence-corrected chi connectivity index (χ0v) is 15.4. The number of nitrogens with zero attached hydrogens (tertiary/aromatic N) is 3. The molecule has 1 aliphatic carbocycles. The third-order valence-electron chi connectivity index (χ3n) is 6.10. The van der Waals surface area contributed by atoms with Crippen LogP contribution >= 0.6 is 0 Å². The van der Waals surface area contributed by atoms with Crippen LogP contribution in [0.5, 0.6) is 0 Å². The molecule has 2 aromatic rings. The fourth-order valence-corrected chi connectivity index (χ4v) is 4.95. The number of hydrogen-bond acceptors (Lipinski definition) is 3. The lowest BCUT2D eigenvalue weighted by atomic mass is 9.76. The summed E-state index contributed by atoms with van der Waals surface area (Å²) < 4.78 is 7.83. The first kappa shape index (κ1) is 16.8. The lowest BCUT2D eigenvalue weighted by Crippen LogP contribution is -2.47. The van der Waals surface area contributed by atoms with E-state index in [0.717, 1.165) is 12.2 Å². The Bertz CT molecular complexity index is 725. The third kappa shape index (κ3) is 3.38. The summed E-state index contributed by atoms with van der Waals surface area (Å²) in [5.41, 5.74) is 4.08. The Labute approximate surface area is 150 Å². The third-order valence-corrected chi connectivity index (χ3v) is 6.10. The van der Waals surface area contributed by atoms with Gasteiger partial charge >= 0.3 is 0 Å². The van der Waals surface area contributed by atoms with E-state index in [1.807, 2.05) is 18.0 Å². The number of piperidine rings is 1. The topological polar surface area (TPSA) is 30.3 Å². The summed E-state index contributed by atoms with van der Waals surface area (Å²) in [5.74, 6) is 0. The maximum Gasteiger partial charge on any atom is 0.0648 e. The number of rotatable bonds is 4. The van der Waals surface area contributed by atoms with E-state index >= 15 is 0 Å². The Morgan fingerprint density at radius 3 is 3.00 bits per heavy atom. The standard InChI is InChI=1S/C21H29N3O/c1-17-6-3-7-19(12-17)24-15-18(13-22-24)14-23-11-5-10-21(16-23)9-4-8-20(21)25-2/h3,6-7,12-13,15,20H,4-5,8-11,14,16H2,1-2H3/t20-,21-/m1/s1. The predicted octanol–water partition coefficient (Wildman–Crippen LogP) is 3.96. The number of ether oxygens (including phenoxy) is 1. The molecule has 0 amide bonds. The molecule has 0 unspecified atom stereocenters. The van der Waals surface area contributed by atoms with Crippen molar-refractivity contribution < 1.29 is 4.74 Å². The van der Waals surface area contributed by atoms with Crippen molar-refractivity contribution >= 4 is 0 Å². The molecule has 0 radical (unpaired) electrons. The Balaban J connectivity index is 1.46. The minimum absolute atomic E-state index is 0.388. The Kier molecular flexibility index (Phi) is 4.65. The fraction of sp³-hybridized carbons (Fsp3) is 0.571. The fourth-order valence-electron chi connectivity index (χ4n) is 4.95. The van der Waals surface area contributed by atoms with Gasteiger partial charge in [0, 0.05) is 37.4 Å². The monoisotopic (exact) mass is 339 g/mol. The van der Waals surface area contributed by atoms with Gasteiger partial charge in [-0.25, -0.2) is 4.68 Å². The van der Waals surface area contributed by atoms with Gasteiger partial charge in [-0.05, 0) is 56.8 Å². The van der Waals surface area contributed by atoms with E-state index in [1.54, 1.807) is 0 Å². The van der Waals surface area contributed by atoms with Crippen molar-refractivity contribution in [3.05, 3.63) is 47.8 Å². The molecule has 2 aliphatic rings. The van der Waals surface area contributed by atoms with Gasteiger partial charge in [0.25, 0.3) is 0 Å². The average molecular weight is 339 g/mol. The van der Waals surface area contributed by atoms with E-state index in [2.05, 4.69) is 47.4 Å². The smallest absolute Gasteiger partial charge is 0.0648 e. The second-order valence-corrected chi connectivity index (χ2v) is 7.93. The first-order chi connectivity index (χ1) is 12.2. The number of hydrogen-bond donors (Lipinski definition) is 0. The molecule has 4 rings (SSSR count). The summed E-state index contributed by atoms with van der Waals surface area (Å²) in [7, 11) is 1.89. The first-order valence-electron chi connectivity index (χ1n) is 9.54. The van der Waals surface area contributed by atoms with E-state index < -0.39 is 0 Å². The SMILES string of the molecule is CO[C@@H]1CCC[C@]12CCCN(Cc1cnn(-c3cccc(C)c3)c1)C2. The zero-order chi connectivity index (χ0) is 17.3. The van der Waals surface area contributed by atoms with Gasteiger partial charge in [-0.3, -0.25) is 4.90 Å². The number of aryl methyl sites for hydroxylation is 1. The van der Waals surface area contributed by atoms with E-state index in [9.17, 15) is 0 Å². The summed E-state index contributed by atoms with van der Waals surface area (Å²) >= 11 is 0. The molecule has 1 spiro atoms. The number of aromatic nitrogens is 2. The van der Waals surface area contributed by atoms with Gasteiger partial charge in [0.15, 0.2) is 0 Å². The van der Waals surface area contributed by atoms with Gasteiger partial charge in [0.1, 0.15) is 0 Å². The largest absolute Gasteiger partial charge is 0.381 e. The maximum absolute atomic E-state index is 5.83. The summed E-state index contributed by atoms with van der Waals surface area (Å²) in [6, 6.07) is 8.50. The van der Waals surface area contributed by atoms with Crippen molar-refractivity contribution in [2.24, 2.45) is 5.41 Å². The molecule has 134 valence electrons. The Morgan fingerprint density at radius 1 is 1.28 bits per heavy atom. The highest BCUT2D eigenvalue weighted by atomic mass is 16.5. The van der Waals surface area contributed by atoms with Gasteiger partial charge in [-0.2, -0.15) is 5.10 Å². The van der Waals surface area contributed by atoms with Gasteiger partial charge in [-0.1, -0.05) is 18.6 Å². The molecule has 2 fully saturated rings. The van der Waals surface area contributed by atoms with Gasteiger partial charge in [0.05, 0.1) is 18.0 Å². The van der Waals surface area contributed by atoms with Crippen LogP contribution in [0.3, 0.4) is 0 Å². The molecule has 4 nitrogen and oxygen atoms in total. The van der Waals surface area contributed by atoms with Crippen LogP contribution in [0.15, 0.2) is 36.7 Å². The van der Waals surface area contributed by atoms with Crippen LogP contribution in [0, 0.1) is 12.3 Å². The number of likely N-dealkylation sites (tertiary alicyclic amines) is 1. The molecule has 0 N–H and O–H groups in total. The molecule has 1 aromatic heterocycles. The minimum atomic E-state index is 0.388. The second kappa shape index (κ2) is 6.93. The van der Waals surface area contributed by atoms with Gasteiger partial charge < -0.3 is 4.74 Å². The molecular weight excluding hydrogens is 310 g/mol. The Morgan fingerprint density at radius 2 is 2.16 bits per heavy atom. The van der Waals surface area contributed by atoms with E-state index in [1.165, 1.54) is 56.3 Å². The molecule has 1 aliphatic heterocycles. The number of methoxy groups -OCH3 is 1. The lowest BCUT2D eigenvalue weighted by molar-refractivity contribution is -0.0366. The Hall–Kier alpha value is -1.65. The zero-order valence-electron chi connectivity index (χ0n) is 15.4. The average Bonchev–Trinajstić information content (AvgIpc) is 3.22. The minimum Gasteiger partial charge on any atom is -0.381 e. The molecular formula is C21H29N3O. The highest BCUT2D eigenvalue weighted by Crippen LogP contribution is 2.46. The van der Waals surface area contributed by atoms with Crippen LogP contribution in [0.4, 0.5) is 0 Å². The summed E-state index contributed by atoms with van der Waals surface area (Å²) in [6.07, 6.45) is 11.1. The molecule has 2 atom stereocenters. The molecule has 1 aromatic carbocycles. The van der Waals surface area contributed by atoms with Crippen LogP contribution in [0.1, 0.15) is 43.2 Å². The van der Waals surface area contributed by atoms with Crippen molar-refractivity contribution in [3.8, 4) is 5.69 Å². The van der Waals surface area contributed by atoms with Crippen LogP contribution in [0.25, 0.3) is 5.69 Å². The summed E-state index contributed by atoms with van der Waals surface area (Å²) in [5, 5.41) is 4.58. The van der Waals surface area contributed by atoms with Crippen LogP contribution in [-0.2, 0) is 11.3 Å². The lowest BCUT2D eigenvalue weighted by Gasteiger charge is -2.43. The van der Waals surface area contributed by atoms with Gasteiger partial charge in [0.2, 0.25) is 0 Å². The molecule has 1 saturated heterocycles. The summed E-state index contributed by atoms with van der Waals surface area (Å²) in [4.78, 5) is 2.61. The molecule has 25 heavy (non-hydrogen) atoms. The molecule has 4 heteroatoms. The molecule has 1 saturated carbocycles. The molecule has 0 bridgehead atoms. The van der Waals surface area contributed by atoms with E-state index in [4.69, 9.17) is 4.74 Å². The van der Waals surface area contributed by atoms with E-state index in [0.29, 0.717) is 11.5 Å². The second-order valence-electron chi connectivity index (χ2n) is 7.93. The van der Waals surface area contributed by atoms with Crippen LogP contribution in [0.2, 0.25) is 0 Å². The summed E-state index contributed by atoms with van der Waals surface area (Å²) in [6.45, 7) is 5.47. The highest BCUT2D eigenvalue weighted by molar-refractivity contribution is 5.35. The first-order valence-corrected chi connectivity index (χ1v) is 9.54. The predicted molar refractivity (Wildman–Crippen MR) is 99.9 cm³/mol. The van der Waals surface area contributed by atoms with Crippen molar-refractivity contribution in [1.29, 1.82) is 0 Å². The molecule has 2 heterocycles. The quantitative estimate of drug-likeness (QED) is 0.844. The van der Waals surface area contributed by atoms with Crippen LogP contribution < -0.4 is 0 Å². The van der Waals surface area contributed by atoms with Gasteiger partial charge in [-0.15, -0.1) is 0 Å². The van der Waals surface area contributed by atoms with Crippen molar-refractivity contribution in [3.63, 3.8) is 0 Å². The van der Waals surface area contributed by atoms with Crippen molar-refractivity contribution in [1.82, 2.24) is 14.7 Å². The number of benzene rings is 1. The van der Waals surface area contributed by atoms with Crippen molar-refractivity contribution in [2.75, 3.05) is 20.2 Å². The normalized spacial score (nSPS) is 27.2. The van der Waals surface area contributed by atoms with Crippen LogP contribution in [-0.4, -0.2) is 41.0 Å². The highest BCUT2D eigenvalue weighted by Gasteiger charge is 2.45. The maximum atomic E-state index is 5.83. The van der Waals surface area contributed by atoms with Crippen molar-refractivity contribution in [2.45, 2.75) is 51.7 Å².